The predicted molar refractivity (Wildman–Crippen MR) is 90.5 cm³/mol. The summed E-state index contributed by atoms with van der Waals surface area (Å²) >= 11 is 6.70. The van der Waals surface area contributed by atoms with Crippen LogP contribution in [0.4, 0.5) is 15.8 Å². The molecule has 24 heavy (non-hydrogen) atoms. The van der Waals surface area contributed by atoms with Gasteiger partial charge < -0.3 is 9.80 Å². The van der Waals surface area contributed by atoms with E-state index < -0.39 is 4.92 Å². The molecule has 0 saturated carbocycles. The van der Waals surface area contributed by atoms with E-state index in [-0.39, 0.29) is 26.6 Å². The van der Waals surface area contributed by atoms with E-state index in [0.29, 0.717) is 31.9 Å². The maximum absolute atomic E-state index is 13.8. The van der Waals surface area contributed by atoms with Crippen molar-refractivity contribution in [1.82, 2.24) is 4.90 Å². The first-order valence-corrected chi connectivity index (χ1v) is 8.39. The normalized spacial score (nSPS) is 14.8. The van der Waals surface area contributed by atoms with Crippen molar-refractivity contribution >= 4 is 40.2 Å². The van der Waals surface area contributed by atoms with E-state index in [0.717, 1.165) is 11.3 Å². The number of carbonyl (C=O) groups excluding carboxylic acids is 1. The van der Waals surface area contributed by atoms with Gasteiger partial charge in [0.05, 0.1) is 10.6 Å². The van der Waals surface area contributed by atoms with Crippen LogP contribution in [0, 0.1) is 15.9 Å². The number of rotatable bonds is 3. The van der Waals surface area contributed by atoms with Crippen LogP contribution in [0.2, 0.25) is 4.34 Å². The molecule has 2 aromatic rings. The lowest BCUT2D eigenvalue weighted by Gasteiger charge is -2.36. The molecule has 0 aliphatic carbocycles. The number of amides is 1. The molecule has 2 heterocycles. The van der Waals surface area contributed by atoms with E-state index in [4.69, 9.17) is 11.6 Å². The number of nitrogens with zero attached hydrogens (tertiary/aromatic N) is 3. The molecule has 1 amide bonds. The standard InChI is InChI=1S/C15H13ClFN3O3S/c16-14-12(20(22)23)9-13(24-14)15(21)19-7-5-18(6-8-19)11-4-2-1-3-10(11)17/h1-4,9H,5-8H2. The molecule has 1 aliphatic rings. The number of nitro groups is 1. The SMILES string of the molecule is O=C(c1cc([N+](=O)[O-])c(Cl)s1)N1CCN(c2ccccc2F)CC1. The highest BCUT2D eigenvalue weighted by molar-refractivity contribution is 7.18. The molecule has 0 atom stereocenters. The Balaban J connectivity index is 1.68. The highest BCUT2D eigenvalue weighted by atomic mass is 35.5. The molecule has 1 fully saturated rings. The molecule has 0 spiro atoms. The number of hydrogen-bond donors (Lipinski definition) is 0. The molecular formula is C15H13ClFN3O3S. The van der Waals surface area contributed by atoms with E-state index in [1.54, 1.807) is 23.1 Å². The minimum absolute atomic E-state index is 0.00616. The third-order valence-corrected chi connectivity index (χ3v) is 5.16. The average molecular weight is 370 g/mol. The number of thiophene rings is 1. The van der Waals surface area contributed by atoms with Gasteiger partial charge in [-0.3, -0.25) is 14.9 Å². The van der Waals surface area contributed by atoms with Crippen LogP contribution < -0.4 is 4.90 Å². The molecule has 0 unspecified atom stereocenters. The molecule has 1 saturated heterocycles. The topological polar surface area (TPSA) is 66.7 Å². The Morgan fingerprint density at radius 1 is 1.25 bits per heavy atom. The Kier molecular flexibility index (Phi) is 4.68. The smallest absolute Gasteiger partial charge is 0.299 e. The summed E-state index contributed by atoms with van der Waals surface area (Å²) in [6, 6.07) is 7.71. The predicted octanol–water partition coefficient (Wildman–Crippen LogP) is 3.41. The van der Waals surface area contributed by atoms with Crippen molar-refractivity contribution in [3.8, 4) is 0 Å². The van der Waals surface area contributed by atoms with Gasteiger partial charge in [0.15, 0.2) is 4.34 Å². The van der Waals surface area contributed by atoms with Gasteiger partial charge in [0, 0.05) is 32.2 Å². The Labute approximate surface area is 146 Å². The number of hydrogen-bond acceptors (Lipinski definition) is 5. The number of para-hydroxylation sites is 1. The summed E-state index contributed by atoms with van der Waals surface area (Å²) < 4.78 is 13.8. The third-order valence-electron chi connectivity index (χ3n) is 3.84. The number of piperazine rings is 1. The summed E-state index contributed by atoms with van der Waals surface area (Å²) in [5.74, 6) is -0.582. The van der Waals surface area contributed by atoms with Gasteiger partial charge >= 0.3 is 0 Å². The zero-order valence-corrected chi connectivity index (χ0v) is 14.0. The minimum Gasteiger partial charge on any atom is -0.366 e. The quantitative estimate of drug-likeness (QED) is 0.614. The fourth-order valence-corrected chi connectivity index (χ4v) is 3.79. The van der Waals surface area contributed by atoms with Crippen molar-refractivity contribution in [2.45, 2.75) is 0 Å². The van der Waals surface area contributed by atoms with Crippen molar-refractivity contribution in [2.24, 2.45) is 0 Å². The minimum atomic E-state index is -0.605. The first kappa shape index (κ1) is 16.7. The van der Waals surface area contributed by atoms with Crippen LogP contribution in [0.5, 0.6) is 0 Å². The maximum atomic E-state index is 13.8. The van der Waals surface area contributed by atoms with E-state index in [1.807, 2.05) is 4.90 Å². The fourth-order valence-electron chi connectivity index (χ4n) is 2.60. The van der Waals surface area contributed by atoms with Crippen LogP contribution in [0.15, 0.2) is 30.3 Å². The summed E-state index contributed by atoms with van der Waals surface area (Å²) in [5.41, 5.74) is 0.259. The monoisotopic (exact) mass is 369 g/mol. The first-order valence-electron chi connectivity index (χ1n) is 7.20. The van der Waals surface area contributed by atoms with Crippen LogP contribution in [0.1, 0.15) is 9.67 Å². The molecule has 3 rings (SSSR count). The summed E-state index contributed by atoms with van der Waals surface area (Å²) in [7, 11) is 0. The van der Waals surface area contributed by atoms with Gasteiger partial charge in [0.25, 0.3) is 11.6 Å². The Morgan fingerprint density at radius 3 is 2.50 bits per heavy atom. The second-order valence-electron chi connectivity index (χ2n) is 5.26. The van der Waals surface area contributed by atoms with Crippen molar-refractivity contribution < 1.29 is 14.1 Å². The number of benzene rings is 1. The van der Waals surface area contributed by atoms with Crippen molar-refractivity contribution in [3.05, 3.63) is 55.5 Å². The zero-order chi connectivity index (χ0) is 17.3. The van der Waals surface area contributed by atoms with Crippen LogP contribution in [0.25, 0.3) is 0 Å². The maximum Gasteiger partial charge on any atom is 0.299 e. The highest BCUT2D eigenvalue weighted by Gasteiger charge is 2.27. The lowest BCUT2D eigenvalue weighted by atomic mass is 10.2. The highest BCUT2D eigenvalue weighted by Crippen LogP contribution is 2.34. The van der Waals surface area contributed by atoms with Crippen LogP contribution in [-0.2, 0) is 0 Å². The zero-order valence-electron chi connectivity index (χ0n) is 12.4. The average Bonchev–Trinajstić information content (AvgIpc) is 2.97. The summed E-state index contributed by atoms with van der Waals surface area (Å²) in [5, 5.41) is 10.8. The molecular weight excluding hydrogens is 357 g/mol. The Hall–Kier alpha value is -2.19. The molecule has 0 bridgehead atoms. The summed E-state index contributed by atoms with van der Waals surface area (Å²) in [6.45, 7) is 1.81. The number of carbonyl (C=O) groups is 1. The third kappa shape index (κ3) is 3.20. The summed E-state index contributed by atoms with van der Waals surface area (Å²) in [4.78, 5) is 26.4. The molecule has 0 radical (unpaired) electrons. The van der Waals surface area contributed by atoms with Crippen molar-refractivity contribution in [3.63, 3.8) is 0 Å². The molecule has 1 aromatic heterocycles. The lowest BCUT2D eigenvalue weighted by molar-refractivity contribution is -0.384. The molecule has 126 valence electrons. The van der Waals surface area contributed by atoms with Crippen LogP contribution in [-0.4, -0.2) is 41.9 Å². The van der Waals surface area contributed by atoms with Crippen LogP contribution >= 0.6 is 22.9 Å². The van der Waals surface area contributed by atoms with Gasteiger partial charge in [-0.15, -0.1) is 11.3 Å². The van der Waals surface area contributed by atoms with Crippen molar-refractivity contribution in [2.75, 3.05) is 31.1 Å². The Morgan fingerprint density at radius 2 is 1.92 bits per heavy atom. The molecule has 0 N–H and O–H groups in total. The lowest BCUT2D eigenvalue weighted by Crippen LogP contribution is -2.48. The van der Waals surface area contributed by atoms with E-state index >= 15 is 0 Å². The molecule has 1 aliphatic heterocycles. The molecule has 6 nitrogen and oxygen atoms in total. The molecule has 1 aromatic carbocycles. The van der Waals surface area contributed by atoms with Gasteiger partial charge in [-0.05, 0) is 12.1 Å². The second kappa shape index (κ2) is 6.74. The van der Waals surface area contributed by atoms with Crippen molar-refractivity contribution in [1.29, 1.82) is 0 Å². The van der Waals surface area contributed by atoms with Crippen LogP contribution in [0.3, 0.4) is 0 Å². The van der Waals surface area contributed by atoms with Gasteiger partial charge in [0.2, 0.25) is 0 Å². The van der Waals surface area contributed by atoms with E-state index in [2.05, 4.69) is 0 Å². The summed E-state index contributed by atoms with van der Waals surface area (Å²) in [6.07, 6.45) is 0. The van der Waals surface area contributed by atoms with Gasteiger partial charge in [-0.1, -0.05) is 23.7 Å². The first-order chi connectivity index (χ1) is 11.5. The van der Waals surface area contributed by atoms with E-state index in [9.17, 15) is 19.3 Å². The van der Waals surface area contributed by atoms with Gasteiger partial charge in [-0.2, -0.15) is 0 Å². The second-order valence-corrected chi connectivity index (χ2v) is 6.91. The fraction of sp³-hybridized carbons (Fsp3) is 0.267. The Bertz CT molecular complexity index is 790. The largest absolute Gasteiger partial charge is 0.366 e. The molecule has 9 heteroatoms. The van der Waals surface area contributed by atoms with Gasteiger partial charge in [0.1, 0.15) is 10.7 Å². The van der Waals surface area contributed by atoms with Gasteiger partial charge in [-0.25, -0.2) is 4.39 Å². The van der Waals surface area contributed by atoms with E-state index in [1.165, 1.54) is 12.1 Å². The number of halogens is 2. The number of anilines is 1.